The van der Waals surface area contributed by atoms with Crippen LogP contribution in [0.3, 0.4) is 0 Å². The maximum Gasteiger partial charge on any atom is 0.243 e. The van der Waals surface area contributed by atoms with Crippen molar-refractivity contribution in [2.75, 3.05) is 26.2 Å². The van der Waals surface area contributed by atoms with Crippen LogP contribution in [0, 0.1) is 0 Å². The van der Waals surface area contributed by atoms with E-state index in [0.29, 0.717) is 24.0 Å². The van der Waals surface area contributed by atoms with Crippen LogP contribution in [0.5, 0.6) is 0 Å². The van der Waals surface area contributed by atoms with Gasteiger partial charge < -0.3 is 0 Å². The molecule has 0 atom stereocenters. The minimum Gasteiger partial charge on any atom is -0.298 e. The standard InChI is InChI=1S/C17H26N2O2S/c20-22(21,17-10-6-3-7-11-17)19-14-12-18(13-15-19)16-8-4-1-2-5-9-16/h3,6-7,10-11,16H,1-2,4-5,8-9,12-15H2. The van der Waals surface area contributed by atoms with Crippen molar-refractivity contribution in [2.24, 2.45) is 0 Å². The van der Waals surface area contributed by atoms with Crippen LogP contribution in [-0.2, 0) is 10.0 Å². The van der Waals surface area contributed by atoms with Crippen LogP contribution < -0.4 is 0 Å². The van der Waals surface area contributed by atoms with Crippen LogP contribution in [0.15, 0.2) is 35.2 Å². The molecule has 0 aromatic heterocycles. The van der Waals surface area contributed by atoms with Crippen molar-refractivity contribution >= 4 is 10.0 Å². The number of piperazine rings is 1. The molecular weight excluding hydrogens is 296 g/mol. The molecule has 1 saturated heterocycles. The van der Waals surface area contributed by atoms with Crippen LogP contribution in [-0.4, -0.2) is 49.8 Å². The predicted molar refractivity (Wildman–Crippen MR) is 88.3 cm³/mol. The molecule has 1 heterocycles. The molecule has 5 heteroatoms. The summed E-state index contributed by atoms with van der Waals surface area (Å²) in [6, 6.07) is 9.47. The molecule has 1 aromatic rings. The molecule has 0 bridgehead atoms. The third-order valence-electron chi connectivity index (χ3n) is 5.00. The van der Waals surface area contributed by atoms with Gasteiger partial charge in [0.05, 0.1) is 4.90 Å². The van der Waals surface area contributed by atoms with E-state index in [2.05, 4.69) is 4.90 Å². The van der Waals surface area contributed by atoms with Crippen molar-refractivity contribution in [2.45, 2.75) is 49.5 Å². The van der Waals surface area contributed by atoms with Gasteiger partial charge in [0.1, 0.15) is 0 Å². The van der Waals surface area contributed by atoms with Gasteiger partial charge in [0.2, 0.25) is 10.0 Å². The number of benzene rings is 1. The molecule has 1 saturated carbocycles. The molecule has 122 valence electrons. The lowest BCUT2D eigenvalue weighted by Gasteiger charge is -2.38. The van der Waals surface area contributed by atoms with E-state index < -0.39 is 10.0 Å². The van der Waals surface area contributed by atoms with E-state index in [-0.39, 0.29) is 0 Å². The highest BCUT2D eigenvalue weighted by Gasteiger charge is 2.30. The van der Waals surface area contributed by atoms with Gasteiger partial charge in [-0.2, -0.15) is 4.31 Å². The summed E-state index contributed by atoms with van der Waals surface area (Å²) in [4.78, 5) is 2.93. The first kappa shape index (κ1) is 16.0. The van der Waals surface area contributed by atoms with Gasteiger partial charge in [-0.05, 0) is 25.0 Å². The second kappa shape index (κ2) is 7.11. The highest BCUT2D eigenvalue weighted by atomic mass is 32.2. The van der Waals surface area contributed by atoms with Crippen molar-refractivity contribution in [1.82, 2.24) is 9.21 Å². The zero-order valence-electron chi connectivity index (χ0n) is 13.2. The van der Waals surface area contributed by atoms with Crippen molar-refractivity contribution in [1.29, 1.82) is 0 Å². The van der Waals surface area contributed by atoms with Crippen LogP contribution in [0.4, 0.5) is 0 Å². The van der Waals surface area contributed by atoms with Crippen LogP contribution in [0.1, 0.15) is 38.5 Å². The molecule has 4 nitrogen and oxygen atoms in total. The highest BCUT2D eigenvalue weighted by molar-refractivity contribution is 7.89. The maximum absolute atomic E-state index is 12.6. The van der Waals surface area contributed by atoms with Gasteiger partial charge in [-0.25, -0.2) is 8.42 Å². The Labute approximate surface area is 134 Å². The molecule has 22 heavy (non-hydrogen) atoms. The zero-order chi connectivity index (χ0) is 15.4. The third kappa shape index (κ3) is 3.53. The van der Waals surface area contributed by atoms with Crippen LogP contribution in [0.2, 0.25) is 0 Å². The smallest absolute Gasteiger partial charge is 0.243 e. The molecule has 0 radical (unpaired) electrons. The number of rotatable bonds is 3. The Morgan fingerprint density at radius 2 is 1.41 bits per heavy atom. The summed E-state index contributed by atoms with van der Waals surface area (Å²) in [5.41, 5.74) is 0. The molecule has 1 aliphatic heterocycles. The summed E-state index contributed by atoms with van der Waals surface area (Å²) < 4.78 is 26.9. The molecule has 1 aromatic carbocycles. The Bertz CT molecular complexity index is 558. The molecule has 2 fully saturated rings. The molecular formula is C17H26N2O2S. The quantitative estimate of drug-likeness (QED) is 0.804. The van der Waals surface area contributed by atoms with E-state index in [1.807, 2.05) is 6.07 Å². The van der Waals surface area contributed by atoms with Crippen LogP contribution in [0.25, 0.3) is 0 Å². The topological polar surface area (TPSA) is 40.6 Å². The Morgan fingerprint density at radius 1 is 0.818 bits per heavy atom. The molecule has 0 N–H and O–H groups in total. The number of nitrogens with zero attached hydrogens (tertiary/aromatic N) is 2. The largest absolute Gasteiger partial charge is 0.298 e. The lowest BCUT2D eigenvalue weighted by Crippen LogP contribution is -2.51. The fourth-order valence-electron chi connectivity index (χ4n) is 3.67. The van der Waals surface area contributed by atoms with E-state index in [1.165, 1.54) is 38.5 Å². The van der Waals surface area contributed by atoms with Crippen LogP contribution >= 0.6 is 0 Å². The Morgan fingerprint density at radius 3 is 2.00 bits per heavy atom. The van der Waals surface area contributed by atoms with Crippen molar-refractivity contribution in [3.8, 4) is 0 Å². The van der Waals surface area contributed by atoms with Gasteiger partial charge >= 0.3 is 0 Å². The lowest BCUT2D eigenvalue weighted by molar-refractivity contribution is 0.126. The summed E-state index contributed by atoms with van der Waals surface area (Å²) in [7, 11) is -3.32. The Kier molecular flexibility index (Phi) is 5.16. The average Bonchev–Trinajstić information content (AvgIpc) is 2.85. The first-order chi connectivity index (χ1) is 10.7. The SMILES string of the molecule is O=S(=O)(c1ccccc1)N1CCN(C2CCCCCC2)CC1. The first-order valence-corrected chi connectivity index (χ1v) is 9.91. The number of hydrogen-bond donors (Lipinski definition) is 0. The van der Waals surface area contributed by atoms with E-state index in [4.69, 9.17) is 0 Å². The monoisotopic (exact) mass is 322 g/mol. The second-order valence-electron chi connectivity index (χ2n) is 6.40. The molecule has 1 aliphatic carbocycles. The Balaban J connectivity index is 1.61. The highest BCUT2D eigenvalue weighted by Crippen LogP contribution is 2.24. The lowest BCUT2D eigenvalue weighted by atomic mass is 10.1. The molecule has 0 unspecified atom stereocenters. The fraction of sp³-hybridized carbons (Fsp3) is 0.647. The maximum atomic E-state index is 12.6. The summed E-state index contributed by atoms with van der Waals surface area (Å²) >= 11 is 0. The van der Waals surface area contributed by atoms with Gasteiger partial charge in [-0.15, -0.1) is 0 Å². The minimum atomic E-state index is -3.32. The summed E-state index contributed by atoms with van der Waals surface area (Å²) in [6.07, 6.45) is 7.94. The van der Waals surface area contributed by atoms with E-state index in [1.54, 1.807) is 28.6 Å². The van der Waals surface area contributed by atoms with E-state index in [0.717, 1.165) is 13.1 Å². The van der Waals surface area contributed by atoms with Gasteiger partial charge in [0.15, 0.2) is 0 Å². The van der Waals surface area contributed by atoms with Gasteiger partial charge in [-0.1, -0.05) is 43.9 Å². The minimum absolute atomic E-state index is 0.415. The summed E-state index contributed by atoms with van der Waals surface area (Å²) in [6.45, 7) is 2.98. The number of hydrogen-bond acceptors (Lipinski definition) is 3. The average molecular weight is 322 g/mol. The number of sulfonamides is 1. The summed E-state index contributed by atoms with van der Waals surface area (Å²) in [5.74, 6) is 0. The zero-order valence-corrected chi connectivity index (χ0v) is 14.0. The van der Waals surface area contributed by atoms with E-state index >= 15 is 0 Å². The van der Waals surface area contributed by atoms with Crippen molar-refractivity contribution in [3.05, 3.63) is 30.3 Å². The van der Waals surface area contributed by atoms with Gasteiger partial charge in [0, 0.05) is 32.2 Å². The normalized spacial score (nSPS) is 23.3. The second-order valence-corrected chi connectivity index (χ2v) is 8.34. The van der Waals surface area contributed by atoms with Crippen molar-refractivity contribution in [3.63, 3.8) is 0 Å². The third-order valence-corrected chi connectivity index (χ3v) is 6.91. The molecule has 0 amide bonds. The van der Waals surface area contributed by atoms with Crippen molar-refractivity contribution < 1.29 is 8.42 Å². The Hall–Kier alpha value is -0.910. The van der Waals surface area contributed by atoms with Gasteiger partial charge in [-0.3, -0.25) is 4.90 Å². The molecule has 0 spiro atoms. The summed E-state index contributed by atoms with van der Waals surface area (Å²) in [5, 5.41) is 0. The van der Waals surface area contributed by atoms with E-state index in [9.17, 15) is 8.42 Å². The first-order valence-electron chi connectivity index (χ1n) is 8.47. The fourth-order valence-corrected chi connectivity index (χ4v) is 5.12. The predicted octanol–water partition coefficient (Wildman–Crippen LogP) is 2.72. The molecule has 3 rings (SSSR count). The van der Waals surface area contributed by atoms with Gasteiger partial charge in [0.25, 0.3) is 0 Å². The molecule has 2 aliphatic rings.